The number of aliphatic carboxylic acids is 2. The monoisotopic (exact) mass is 290 g/mol. The molecule has 1 aliphatic rings. The summed E-state index contributed by atoms with van der Waals surface area (Å²) in [5, 5.41) is 18.9. The van der Waals surface area contributed by atoms with Gasteiger partial charge in [-0.15, -0.1) is 0 Å². The fraction of sp³-hybridized carbons (Fsp3) is 0.412. The van der Waals surface area contributed by atoms with Crippen LogP contribution in [0.25, 0.3) is 0 Å². The molecule has 4 nitrogen and oxygen atoms in total. The van der Waals surface area contributed by atoms with E-state index in [1.54, 1.807) is 19.9 Å². The molecule has 0 bridgehead atoms. The Balaban J connectivity index is 3.43. The van der Waals surface area contributed by atoms with E-state index in [1.165, 1.54) is 12.2 Å². The molecule has 0 aliphatic heterocycles. The molecule has 0 spiro atoms. The maximum atomic E-state index is 11.7. The highest BCUT2D eigenvalue weighted by atomic mass is 16.4. The van der Waals surface area contributed by atoms with Crippen LogP contribution in [0, 0.1) is 5.41 Å². The Morgan fingerprint density at radius 1 is 1.29 bits per heavy atom. The summed E-state index contributed by atoms with van der Waals surface area (Å²) in [5.41, 5.74) is 1.02. The molecule has 1 unspecified atom stereocenters. The molecule has 0 aromatic rings. The van der Waals surface area contributed by atoms with Gasteiger partial charge in [0.2, 0.25) is 0 Å². The van der Waals surface area contributed by atoms with Gasteiger partial charge in [0.25, 0.3) is 0 Å². The number of carbonyl (C=O) groups is 2. The fourth-order valence-corrected chi connectivity index (χ4v) is 2.74. The molecule has 114 valence electrons. The molecular weight excluding hydrogens is 268 g/mol. The third-order valence-corrected chi connectivity index (χ3v) is 3.68. The molecule has 0 saturated heterocycles. The number of allylic oxidation sites excluding steroid dienone is 5. The van der Waals surface area contributed by atoms with E-state index in [0.29, 0.717) is 12.0 Å². The topological polar surface area (TPSA) is 74.6 Å². The molecule has 0 radical (unpaired) electrons. The molecule has 0 saturated carbocycles. The normalized spacial score (nSPS) is 24.6. The Bertz CT molecular complexity index is 576. The van der Waals surface area contributed by atoms with Crippen LogP contribution in [0.5, 0.6) is 0 Å². The van der Waals surface area contributed by atoms with E-state index in [9.17, 15) is 19.8 Å². The van der Waals surface area contributed by atoms with Crippen LogP contribution in [-0.2, 0) is 9.59 Å². The minimum atomic E-state index is -1.31. The zero-order valence-electron chi connectivity index (χ0n) is 12.9. The Morgan fingerprint density at radius 3 is 2.38 bits per heavy atom. The quantitative estimate of drug-likeness (QED) is 0.757. The molecular formula is C17H22O4. The molecule has 4 heteroatoms. The van der Waals surface area contributed by atoms with Crippen molar-refractivity contribution in [2.75, 3.05) is 0 Å². The van der Waals surface area contributed by atoms with E-state index in [-0.39, 0.29) is 5.57 Å². The van der Waals surface area contributed by atoms with Crippen LogP contribution in [0.15, 0.2) is 46.6 Å². The predicted molar refractivity (Wildman–Crippen MR) is 82.0 cm³/mol. The highest BCUT2D eigenvalue weighted by molar-refractivity contribution is 5.98. The van der Waals surface area contributed by atoms with Crippen LogP contribution >= 0.6 is 0 Å². The van der Waals surface area contributed by atoms with Gasteiger partial charge in [0.15, 0.2) is 0 Å². The van der Waals surface area contributed by atoms with Crippen molar-refractivity contribution in [3.8, 4) is 0 Å². The minimum Gasteiger partial charge on any atom is -0.480 e. The number of rotatable bonds is 5. The van der Waals surface area contributed by atoms with E-state index in [2.05, 4.69) is 6.08 Å². The lowest BCUT2D eigenvalue weighted by atomic mass is 9.72. The average Bonchev–Trinajstić information content (AvgIpc) is 2.37. The minimum absolute atomic E-state index is 0.0594. The van der Waals surface area contributed by atoms with Gasteiger partial charge >= 0.3 is 11.9 Å². The summed E-state index contributed by atoms with van der Waals surface area (Å²) >= 11 is 0. The van der Waals surface area contributed by atoms with Gasteiger partial charge in [0.05, 0.1) is 5.57 Å². The van der Waals surface area contributed by atoms with Crippen LogP contribution < -0.4 is 0 Å². The maximum absolute atomic E-state index is 11.7. The third-order valence-electron chi connectivity index (χ3n) is 3.68. The average molecular weight is 290 g/mol. The van der Waals surface area contributed by atoms with Gasteiger partial charge in [-0.3, -0.25) is 4.79 Å². The fourth-order valence-electron chi connectivity index (χ4n) is 2.74. The van der Waals surface area contributed by atoms with Crippen LogP contribution in [-0.4, -0.2) is 22.2 Å². The van der Waals surface area contributed by atoms with Gasteiger partial charge in [-0.25, -0.2) is 4.79 Å². The molecule has 0 aromatic heterocycles. The number of carboxylic acids is 2. The van der Waals surface area contributed by atoms with Gasteiger partial charge in [0.1, 0.15) is 5.41 Å². The second kappa shape index (κ2) is 6.57. The lowest BCUT2D eigenvalue weighted by Crippen LogP contribution is -2.32. The number of carboxylic acid groups (broad SMARTS) is 2. The summed E-state index contributed by atoms with van der Waals surface area (Å²) in [6.07, 6.45) is 8.04. The first-order valence-corrected chi connectivity index (χ1v) is 6.96. The Morgan fingerprint density at radius 2 is 1.90 bits per heavy atom. The summed E-state index contributed by atoms with van der Waals surface area (Å²) in [6, 6.07) is 0. The molecule has 0 amide bonds. The van der Waals surface area contributed by atoms with Crippen LogP contribution in [0.1, 0.15) is 40.5 Å². The molecule has 0 heterocycles. The number of hydrogen-bond donors (Lipinski definition) is 2. The van der Waals surface area contributed by atoms with E-state index in [0.717, 1.165) is 17.6 Å². The van der Waals surface area contributed by atoms with Crippen LogP contribution in [0.2, 0.25) is 0 Å². The second-order valence-electron chi connectivity index (χ2n) is 5.54. The zero-order chi connectivity index (χ0) is 16.2. The van der Waals surface area contributed by atoms with Crippen LogP contribution in [0.4, 0.5) is 0 Å². The van der Waals surface area contributed by atoms with Crippen molar-refractivity contribution in [1.82, 2.24) is 0 Å². The molecule has 2 N–H and O–H groups in total. The molecule has 0 fully saturated rings. The van der Waals surface area contributed by atoms with E-state index in [1.807, 2.05) is 13.8 Å². The standard InChI is InChI=1S/C17H22O4/c1-5-7-11(2)10-12(3)14-13(15(18)19)8-6-9-17(14,4)16(20)21/h6-9H,5,10H2,1-4H3,(H,18,19)(H,20,21). The van der Waals surface area contributed by atoms with Crippen molar-refractivity contribution in [3.05, 3.63) is 46.6 Å². The summed E-state index contributed by atoms with van der Waals surface area (Å²) in [4.78, 5) is 23.1. The lowest BCUT2D eigenvalue weighted by Gasteiger charge is -2.30. The van der Waals surface area contributed by atoms with Crippen molar-refractivity contribution in [2.24, 2.45) is 5.41 Å². The van der Waals surface area contributed by atoms with Gasteiger partial charge in [-0.05, 0) is 45.3 Å². The van der Waals surface area contributed by atoms with E-state index >= 15 is 0 Å². The highest BCUT2D eigenvalue weighted by Gasteiger charge is 2.40. The van der Waals surface area contributed by atoms with Crippen molar-refractivity contribution in [3.63, 3.8) is 0 Å². The zero-order valence-corrected chi connectivity index (χ0v) is 12.9. The maximum Gasteiger partial charge on any atom is 0.336 e. The first kappa shape index (κ1) is 17.0. The third kappa shape index (κ3) is 3.51. The molecule has 1 rings (SSSR count). The van der Waals surface area contributed by atoms with Gasteiger partial charge in [0, 0.05) is 0 Å². The lowest BCUT2D eigenvalue weighted by molar-refractivity contribution is -0.143. The van der Waals surface area contributed by atoms with Crippen molar-refractivity contribution >= 4 is 11.9 Å². The largest absolute Gasteiger partial charge is 0.480 e. The second-order valence-corrected chi connectivity index (χ2v) is 5.54. The Labute approximate surface area is 125 Å². The Hall–Kier alpha value is -2.10. The summed E-state index contributed by atoms with van der Waals surface area (Å²) in [6.45, 7) is 7.34. The summed E-state index contributed by atoms with van der Waals surface area (Å²) in [5.74, 6) is -2.14. The summed E-state index contributed by atoms with van der Waals surface area (Å²) < 4.78 is 0. The van der Waals surface area contributed by atoms with Gasteiger partial charge in [-0.2, -0.15) is 0 Å². The Kier molecular flexibility index (Phi) is 5.30. The predicted octanol–water partition coefficient (Wildman–Crippen LogP) is 3.72. The van der Waals surface area contributed by atoms with Gasteiger partial charge < -0.3 is 10.2 Å². The first-order chi connectivity index (χ1) is 9.74. The molecule has 1 aliphatic carbocycles. The molecule has 0 aromatic carbocycles. The van der Waals surface area contributed by atoms with Crippen molar-refractivity contribution < 1.29 is 19.8 Å². The SMILES string of the molecule is CCC=C(C)CC(C)=C1C(C(=O)O)=CC=CC1(C)C(=O)O. The first-order valence-electron chi connectivity index (χ1n) is 6.96. The highest BCUT2D eigenvalue weighted by Crippen LogP contribution is 2.40. The van der Waals surface area contributed by atoms with Crippen molar-refractivity contribution in [2.45, 2.75) is 40.5 Å². The van der Waals surface area contributed by atoms with Gasteiger partial charge in [-0.1, -0.05) is 36.3 Å². The van der Waals surface area contributed by atoms with Crippen molar-refractivity contribution in [1.29, 1.82) is 0 Å². The van der Waals surface area contributed by atoms with Crippen LogP contribution in [0.3, 0.4) is 0 Å². The van der Waals surface area contributed by atoms with E-state index < -0.39 is 17.4 Å². The summed E-state index contributed by atoms with van der Waals surface area (Å²) in [7, 11) is 0. The number of hydrogen-bond acceptors (Lipinski definition) is 2. The van der Waals surface area contributed by atoms with E-state index in [4.69, 9.17) is 0 Å². The molecule has 1 atom stereocenters. The smallest absolute Gasteiger partial charge is 0.336 e. The molecule has 21 heavy (non-hydrogen) atoms.